The van der Waals surface area contributed by atoms with Gasteiger partial charge in [-0.15, -0.1) is 0 Å². The van der Waals surface area contributed by atoms with Crippen LogP contribution in [0.2, 0.25) is 0 Å². The molecule has 0 saturated carbocycles. The summed E-state index contributed by atoms with van der Waals surface area (Å²) >= 11 is 1.70. The fraction of sp³-hybridized carbons (Fsp3) is 0.550. The second-order valence-electron chi connectivity index (χ2n) is 7.72. The second-order valence-corrected chi connectivity index (χ2v) is 8.87. The van der Waals surface area contributed by atoms with E-state index in [2.05, 4.69) is 39.4 Å². The van der Waals surface area contributed by atoms with Crippen molar-refractivity contribution in [3.05, 3.63) is 47.9 Å². The van der Waals surface area contributed by atoms with E-state index in [1.165, 1.54) is 6.07 Å². The standard InChI is InChI=1S/C20H27FN4OS/c1-4-19-18(22-14-26-19)12-24-9-8-20(11-15(24)2)13-23(3)27-25(20)17-7-5-6-16(21)10-17/h5-7,10,14-15H,4,8-9,11-13H2,1-3H3/t15-,20+/m0/s1. The SMILES string of the molecule is CCc1ocnc1CN1CC[C@@]2(C[C@@H]1C)CN(C)SN2c1cccc(F)c1. The first kappa shape index (κ1) is 18.8. The molecule has 1 aromatic carbocycles. The minimum atomic E-state index is -0.179. The van der Waals surface area contributed by atoms with Gasteiger partial charge >= 0.3 is 0 Å². The number of piperidine rings is 1. The van der Waals surface area contributed by atoms with Crippen LogP contribution in [0.15, 0.2) is 35.1 Å². The van der Waals surface area contributed by atoms with Crippen molar-refractivity contribution in [3.8, 4) is 0 Å². The number of likely N-dealkylation sites (tertiary alicyclic amines) is 1. The van der Waals surface area contributed by atoms with Gasteiger partial charge in [-0.3, -0.25) is 9.21 Å². The van der Waals surface area contributed by atoms with Gasteiger partial charge in [0.2, 0.25) is 0 Å². The lowest BCUT2D eigenvalue weighted by Crippen LogP contribution is -2.56. The lowest BCUT2D eigenvalue weighted by atomic mass is 9.83. The summed E-state index contributed by atoms with van der Waals surface area (Å²) < 4.78 is 23.9. The van der Waals surface area contributed by atoms with E-state index in [1.807, 2.05) is 6.07 Å². The Labute approximate surface area is 164 Å². The van der Waals surface area contributed by atoms with Gasteiger partial charge in [0.25, 0.3) is 0 Å². The quantitative estimate of drug-likeness (QED) is 0.731. The van der Waals surface area contributed by atoms with Crippen LogP contribution in [-0.4, -0.2) is 45.9 Å². The molecule has 1 spiro atoms. The van der Waals surface area contributed by atoms with Gasteiger partial charge in [-0.25, -0.2) is 13.7 Å². The van der Waals surface area contributed by atoms with E-state index < -0.39 is 0 Å². The average Bonchev–Trinajstić information content (AvgIpc) is 3.21. The summed E-state index contributed by atoms with van der Waals surface area (Å²) in [7, 11) is 2.12. The molecule has 0 radical (unpaired) electrons. The van der Waals surface area contributed by atoms with Crippen molar-refractivity contribution < 1.29 is 8.81 Å². The molecular formula is C20H27FN4OS. The van der Waals surface area contributed by atoms with E-state index in [0.29, 0.717) is 6.04 Å². The molecule has 4 rings (SSSR count). The van der Waals surface area contributed by atoms with Gasteiger partial charge in [-0.2, -0.15) is 0 Å². The van der Waals surface area contributed by atoms with Crippen molar-refractivity contribution in [2.24, 2.45) is 0 Å². The maximum atomic E-state index is 13.8. The van der Waals surface area contributed by atoms with Gasteiger partial charge < -0.3 is 4.42 Å². The number of hydrogen-bond acceptors (Lipinski definition) is 6. The molecule has 146 valence electrons. The van der Waals surface area contributed by atoms with Crippen molar-refractivity contribution in [3.63, 3.8) is 0 Å². The monoisotopic (exact) mass is 390 g/mol. The molecule has 2 aromatic rings. The molecule has 2 fully saturated rings. The molecular weight excluding hydrogens is 363 g/mol. The predicted molar refractivity (Wildman–Crippen MR) is 107 cm³/mol. The zero-order chi connectivity index (χ0) is 19.0. The summed E-state index contributed by atoms with van der Waals surface area (Å²) in [6.07, 6.45) is 4.51. The highest BCUT2D eigenvalue weighted by Gasteiger charge is 2.49. The lowest BCUT2D eigenvalue weighted by molar-refractivity contribution is 0.0989. The highest BCUT2D eigenvalue weighted by Crippen LogP contribution is 2.46. The van der Waals surface area contributed by atoms with Crippen LogP contribution in [-0.2, 0) is 13.0 Å². The number of rotatable bonds is 4. The minimum Gasteiger partial charge on any atom is -0.448 e. The molecule has 0 bridgehead atoms. The zero-order valence-electron chi connectivity index (χ0n) is 16.2. The zero-order valence-corrected chi connectivity index (χ0v) is 17.0. The number of benzene rings is 1. The molecule has 7 heteroatoms. The van der Waals surface area contributed by atoms with Crippen LogP contribution in [0.25, 0.3) is 0 Å². The van der Waals surface area contributed by atoms with Crippen LogP contribution in [0.1, 0.15) is 38.1 Å². The Morgan fingerprint density at radius 3 is 3.00 bits per heavy atom. The molecule has 0 amide bonds. The second kappa shape index (κ2) is 7.45. The summed E-state index contributed by atoms with van der Waals surface area (Å²) in [5, 5.41) is 0. The summed E-state index contributed by atoms with van der Waals surface area (Å²) in [6, 6.07) is 7.38. The Morgan fingerprint density at radius 2 is 2.26 bits per heavy atom. The normalized spacial score (nSPS) is 27.0. The lowest BCUT2D eigenvalue weighted by Gasteiger charge is -2.47. The summed E-state index contributed by atoms with van der Waals surface area (Å²) in [4.78, 5) is 6.91. The Bertz CT molecular complexity index is 800. The molecule has 2 saturated heterocycles. The first-order valence-electron chi connectivity index (χ1n) is 9.61. The third kappa shape index (κ3) is 3.60. The first-order chi connectivity index (χ1) is 13.0. The maximum Gasteiger partial charge on any atom is 0.181 e. The van der Waals surface area contributed by atoms with Crippen LogP contribution in [0.5, 0.6) is 0 Å². The molecule has 3 heterocycles. The van der Waals surface area contributed by atoms with Crippen LogP contribution in [0.4, 0.5) is 10.1 Å². The smallest absolute Gasteiger partial charge is 0.181 e. The number of hydrogen-bond donors (Lipinski definition) is 0. The van der Waals surface area contributed by atoms with Crippen molar-refractivity contribution in [1.82, 2.24) is 14.2 Å². The molecule has 0 N–H and O–H groups in total. The van der Waals surface area contributed by atoms with Gasteiger partial charge in [0, 0.05) is 44.2 Å². The van der Waals surface area contributed by atoms with Gasteiger partial charge in [-0.1, -0.05) is 13.0 Å². The molecule has 1 aromatic heterocycles. The Hall–Kier alpha value is -1.57. The van der Waals surface area contributed by atoms with Crippen LogP contribution < -0.4 is 4.31 Å². The summed E-state index contributed by atoms with van der Waals surface area (Å²) in [6.45, 7) is 7.20. The molecule has 2 aliphatic rings. The van der Waals surface area contributed by atoms with Crippen molar-refractivity contribution in [1.29, 1.82) is 0 Å². The van der Waals surface area contributed by atoms with E-state index in [9.17, 15) is 4.39 Å². The number of likely N-dealkylation sites (N-methyl/N-ethyl adjacent to an activating group) is 1. The summed E-state index contributed by atoms with van der Waals surface area (Å²) in [5.74, 6) is 0.807. The number of halogens is 1. The van der Waals surface area contributed by atoms with Gasteiger partial charge in [0.1, 0.15) is 11.6 Å². The number of oxazole rings is 1. The third-order valence-corrected chi connectivity index (χ3v) is 6.94. The summed E-state index contributed by atoms with van der Waals surface area (Å²) in [5.41, 5.74) is 2.04. The van der Waals surface area contributed by atoms with Crippen LogP contribution >= 0.6 is 12.1 Å². The molecule has 0 aliphatic carbocycles. The van der Waals surface area contributed by atoms with Crippen LogP contribution in [0.3, 0.4) is 0 Å². The van der Waals surface area contributed by atoms with Gasteiger partial charge in [-0.05, 0) is 45.0 Å². The van der Waals surface area contributed by atoms with E-state index >= 15 is 0 Å². The van der Waals surface area contributed by atoms with Crippen molar-refractivity contribution >= 4 is 17.8 Å². The number of nitrogens with zero attached hydrogens (tertiary/aromatic N) is 4. The third-order valence-electron chi connectivity index (χ3n) is 5.77. The van der Waals surface area contributed by atoms with Crippen molar-refractivity contribution in [2.45, 2.75) is 51.2 Å². The first-order valence-corrected chi connectivity index (χ1v) is 10.3. The molecule has 27 heavy (non-hydrogen) atoms. The highest BCUT2D eigenvalue weighted by atomic mass is 32.2. The van der Waals surface area contributed by atoms with Crippen molar-refractivity contribution in [2.75, 3.05) is 24.4 Å². The highest BCUT2D eigenvalue weighted by molar-refractivity contribution is 7.98. The fourth-order valence-corrected chi connectivity index (χ4v) is 5.66. The maximum absolute atomic E-state index is 13.8. The van der Waals surface area contributed by atoms with Gasteiger partial charge in [0.15, 0.2) is 6.39 Å². The Kier molecular flexibility index (Phi) is 5.18. The molecule has 2 atom stereocenters. The molecule has 0 unspecified atom stereocenters. The Balaban J connectivity index is 1.53. The van der Waals surface area contributed by atoms with E-state index in [-0.39, 0.29) is 11.4 Å². The molecule has 5 nitrogen and oxygen atoms in total. The minimum absolute atomic E-state index is 0.0283. The molecule has 2 aliphatic heterocycles. The Morgan fingerprint density at radius 1 is 1.41 bits per heavy atom. The number of aromatic nitrogens is 1. The topological polar surface area (TPSA) is 35.8 Å². The number of aryl methyl sites for hydroxylation is 1. The predicted octanol–water partition coefficient (Wildman–Crippen LogP) is 4.11. The average molecular weight is 391 g/mol. The van der Waals surface area contributed by atoms with E-state index in [0.717, 1.165) is 56.0 Å². The van der Waals surface area contributed by atoms with E-state index in [4.69, 9.17) is 4.42 Å². The van der Waals surface area contributed by atoms with Crippen LogP contribution in [0, 0.1) is 5.82 Å². The largest absolute Gasteiger partial charge is 0.448 e. The fourth-order valence-electron chi connectivity index (χ4n) is 4.48. The van der Waals surface area contributed by atoms with E-state index in [1.54, 1.807) is 30.7 Å². The van der Waals surface area contributed by atoms with Gasteiger partial charge in [0.05, 0.1) is 16.9 Å². The number of anilines is 1.